The van der Waals surface area contributed by atoms with Crippen molar-refractivity contribution in [3.05, 3.63) is 35.5 Å². The second-order valence-corrected chi connectivity index (χ2v) is 4.19. The van der Waals surface area contributed by atoms with E-state index in [2.05, 4.69) is 16.4 Å². The minimum absolute atomic E-state index is 0.297. The number of likely N-dealkylation sites (N-methyl/N-ethyl adjacent to an activating group) is 1. The summed E-state index contributed by atoms with van der Waals surface area (Å²) in [7, 11) is 1.71. The Morgan fingerprint density at radius 1 is 1.44 bits per heavy atom. The van der Waals surface area contributed by atoms with Gasteiger partial charge in [-0.15, -0.1) is 0 Å². The summed E-state index contributed by atoms with van der Waals surface area (Å²) in [5.41, 5.74) is 1.96. The minimum Gasteiger partial charge on any atom is -0.389 e. The number of nitrogens with zero attached hydrogens (tertiary/aromatic N) is 1. The molecule has 2 aromatic rings. The lowest BCUT2D eigenvalue weighted by molar-refractivity contribution is 0.0211. The second-order valence-electron chi connectivity index (χ2n) is 4.19. The Hall–Kier alpha value is -1.87. The molecule has 2 rings (SSSR count). The Morgan fingerprint density at radius 3 is 2.89 bits per heavy atom. The molecule has 0 aliphatic heterocycles. The Bertz CT molecular complexity index is 585. The number of benzene rings is 1. The predicted molar refractivity (Wildman–Crippen MR) is 67.9 cm³/mol. The maximum absolute atomic E-state index is 10.1. The van der Waals surface area contributed by atoms with Crippen molar-refractivity contribution in [1.29, 1.82) is 5.26 Å². The van der Waals surface area contributed by atoms with Crippen LogP contribution in [0.4, 0.5) is 0 Å². The van der Waals surface area contributed by atoms with E-state index in [1.165, 1.54) is 0 Å². The molecule has 2 atom stereocenters. The molecule has 1 aromatic carbocycles. The fourth-order valence-corrected chi connectivity index (χ4v) is 1.98. The molecule has 0 radical (unpaired) electrons. The summed E-state index contributed by atoms with van der Waals surface area (Å²) in [6, 6.07) is 7.26. The highest BCUT2D eigenvalue weighted by Crippen LogP contribution is 2.26. The number of nitriles is 1. The van der Waals surface area contributed by atoms with Gasteiger partial charge in [0.15, 0.2) is 0 Å². The van der Waals surface area contributed by atoms with Crippen molar-refractivity contribution in [3.8, 4) is 6.07 Å². The van der Waals surface area contributed by atoms with Crippen molar-refractivity contribution in [2.24, 2.45) is 0 Å². The molecule has 1 aromatic heterocycles. The Kier molecular flexibility index (Phi) is 3.63. The number of aromatic nitrogens is 1. The third-order valence-corrected chi connectivity index (χ3v) is 2.94. The number of hydrogen-bond acceptors (Lipinski definition) is 4. The van der Waals surface area contributed by atoms with Gasteiger partial charge in [-0.2, -0.15) is 5.26 Å². The molecule has 1 heterocycles. The van der Waals surface area contributed by atoms with E-state index in [1.807, 2.05) is 0 Å². The van der Waals surface area contributed by atoms with Gasteiger partial charge in [0.05, 0.1) is 17.7 Å². The summed E-state index contributed by atoms with van der Waals surface area (Å²) in [5.74, 6) is 0. The van der Waals surface area contributed by atoms with Gasteiger partial charge in [-0.3, -0.25) is 0 Å². The molecule has 0 spiro atoms. The fourth-order valence-electron chi connectivity index (χ4n) is 1.98. The Morgan fingerprint density at radius 2 is 2.22 bits per heavy atom. The van der Waals surface area contributed by atoms with Crippen molar-refractivity contribution in [3.63, 3.8) is 0 Å². The Balaban J connectivity index is 2.42. The zero-order chi connectivity index (χ0) is 13.1. The third-order valence-electron chi connectivity index (χ3n) is 2.94. The normalized spacial score (nSPS) is 14.3. The summed E-state index contributed by atoms with van der Waals surface area (Å²) in [4.78, 5) is 3.02. The standard InChI is InChI=1S/C13H15N3O2/c1-15-7-12(17)13(18)10-6-16-11-3-2-8(5-14)4-9(10)11/h2-4,6,12-13,15-18H,7H2,1H3. The van der Waals surface area contributed by atoms with Crippen molar-refractivity contribution in [1.82, 2.24) is 10.3 Å². The van der Waals surface area contributed by atoms with Crippen LogP contribution in [0.5, 0.6) is 0 Å². The van der Waals surface area contributed by atoms with Crippen LogP contribution in [0, 0.1) is 11.3 Å². The summed E-state index contributed by atoms with van der Waals surface area (Å²) in [6.07, 6.45) is -0.213. The van der Waals surface area contributed by atoms with Gasteiger partial charge >= 0.3 is 0 Å². The first-order valence-corrected chi connectivity index (χ1v) is 5.69. The topological polar surface area (TPSA) is 92.1 Å². The summed E-state index contributed by atoms with van der Waals surface area (Å²) >= 11 is 0. The number of nitrogens with one attached hydrogen (secondary N) is 2. The molecule has 94 valence electrons. The van der Waals surface area contributed by atoms with Gasteiger partial charge in [-0.05, 0) is 25.2 Å². The molecule has 0 fully saturated rings. The molecule has 0 aliphatic carbocycles. The molecular weight excluding hydrogens is 230 g/mol. The zero-order valence-corrected chi connectivity index (χ0v) is 10.0. The number of H-pyrrole nitrogens is 1. The SMILES string of the molecule is CNCC(O)C(O)c1c[nH]c2ccc(C#N)cc12. The number of aliphatic hydroxyl groups excluding tert-OH is 2. The molecule has 18 heavy (non-hydrogen) atoms. The van der Waals surface area contributed by atoms with E-state index >= 15 is 0 Å². The molecular formula is C13H15N3O2. The molecule has 0 aliphatic rings. The maximum Gasteiger partial charge on any atom is 0.108 e. The number of aromatic amines is 1. The molecule has 0 amide bonds. The molecule has 0 bridgehead atoms. The molecule has 2 unspecified atom stereocenters. The van der Waals surface area contributed by atoms with Gasteiger partial charge in [0.25, 0.3) is 0 Å². The van der Waals surface area contributed by atoms with E-state index in [-0.39, 0.29) is 0 Å². The van der Waals surface area contributed by atoms with Crippen LogP contribution in [0.3, 0.4) is 0 Å². The maximum atomic E-state index is 10.1. The van der Waals surface area contributed by atoms with E-state index < -0.39 is 12.2 Å². The van der Waals surface area contributed by atoms with Crippen LogP contribution in [-0.2, 0) is 0 Å². The highest BCUT2D eigenvalue weighted by atomic mass is 16.3. The van der Waals surface area contributed by atoms with E-state index in [4.69, 9.17) is 5.26 Å². The van der Waals surface area contributed by atoms with Crippen LogP contribution in [-0.4, -0.2) is 34.9 Å². The highest BCUT2D eigenvalue weighted by molar-refractivity contribution is 5.84. The first-order chi connectivity index (χ1) is 8.67. The summed E-state index contributed by atoms with van der Waals surface area (Å²) < 4.78 is 0. The van der Waals surface area contributed by atoms with Crippen molar-refractivity contribution in [2.45, 2.75) is 12.2 Å². The lowest BCUT2D eigenvalue weighted by Gasteiger charge is -2.16. The Labute approximate surface area is 105 Å². The van der Waals surface area contributed by atoms with E-state index in [9.17, 15) is 10.2 Å². The molecule has 0 saturated carbocycles. The molecule has 0 saturated heterocycles. The van der Waals surface area contributed by atoms with Crippen LogP contribution < -0.4 is 5.32 Å². The monoisotopic (exact) mass is 245 g/mol. The van der Waals surface area contributed by atoms with E-state index in [0.717, 1.165) is 10.9 Å². The third kappa shape index (κ3) is 2.22. The van der Waals surface area contributed by atoms with Gasteiger partial charge in [0, 0.05) is 29.2 Å². The second kappa shape index (κ2) is 5.19. The van der Waals surface area contributed by atoms with Crippen LogP contribution in [0.25, 0.3) is 10.9 Å². The minimum atomic E-state index is -0.986. The van der Waals surface area contributed by atoms with Gasteiger partial charge in [-0.1, -0.05) is 0 Å². The van der Waals surface area contributed by atoms with Gasteiger partial charge < -0.3 is 20.5 Å². The first-order valence-electron chi connectivity index (χ1n) is 5.69. The number of aliphatic hydroxyl groups is 2. The average Bonchev–Trinajstić information content (AvgIpc) is 2.80. The number of hydrogen-bond donors (Lipinski definition) is 4. The molecule has 4 N–H and O–H groups in total. The quantitative estimate of drug-likeness (QED) is 0.636. The largest absolute Gasteiger partial charge is 0.389 e. The lowest BCUT2D eigenvalue weighted by Crippen LogP contribution is -2.29. The van der Waals surface area contributed by atoms with Crippen LogP contribution in [0.2, 0.25) is 0 Å². The van der Waals surface area contributed by atoms with E-state index in [1.54, 1.807) is 31.4 Å². The van der Waals surface area contributed by atoms with Gasteiger partial charge in [0.2, 0.25) is 0 Å². The van der Waals surface area contributed by atoms with Gasteiger partial charge in [0.1, 0.15) is 6.10 Å². The zero-order valence-electron chi connectivity index (χ0n) is 10.0. The van der Waals surface area contributed by atoms with Crippen LogP contribution in [0.1, 0.15) is 17.2 Å². The smallest absolute Gasteiger partial charge is 0.108 e. The van der Waals surface area contributed by atoms with Crippen molar-refractivity contribution >= 4 is 10.9 Å². The average molecular weight is 245 g/mol. The summed E-state index contributed by atoms with van der Waals surface area (Å²) in [5, 5.41) is 32.3. The predicted octanol–water partition coefficient (Wildman–Crippen LogP) is 0.653. The highest BCUT2D eigenvalue weighted by Gasteiger charge is 2.20. The van der Waals surface area contributed by atoms with E-state index in [0.29, 0.717) is 17.7 Å². The van der Waals surface area contributed by atoms with Crippen LogP contribution >= 0.6 is 0 Å². The first kappa shape index (κ1) is 12.6. The molecule has 5 heteroatoms. The van der Waals surface area contributed by atoms with Crippen molar-refractivity contribution < 1.29 is 10.2 Å². The number of fused-ring (bicyclic) bond motifs is 1. The van der Waals surface area contributed by atoms with Gasteiger partial charge in [-0.25, -0.2) is 0 Å². The lowest BCUT2D eigenvalue weighted by atomic mass is 10.0. The number of rotatable bonds is 4. The van der Waals surface area contributed by atoms with Crippen LogP contribution in [0.15, 0.2) is 24.4 Å². The van der Waals surface area contributed by atoms with Crippen molar-refractivity contribution in [2.75, 3.05) is 13.6 Å². The summed E-state index contributed by atoms with van der Waals surface area (Å²) in [6.45, 7) is 0.297. The fraction of sp³-hybridized carbons (Fsp3) is 0.308. The molecule has 5 nitrogen and oxygen atoms in total.